The molecule has 84 valence electrons. The maximum absolute atomic E-state index is 11.3. The average molecular weight is 241 g/mol. The first kappa shape index (κ1) is 10.7. The van der Waals surface area contributed by atoms with Crippen LogP contribution in [0.1, 0.15) is 0 Å². The Bertz CT molecular complexity index is 643. The van der Waals surface area contributed by atoms with E-state index in [2.05, 4.69) is 4.18 Å². The molecule has 0 saturated carbocycles. The summed E-state index contributed by atoms with van der Waals surface area (Å²) in [6.07, 6.45) is 0.182. The second-order valence-corrected chi connectivity index (χ2v) is 4.04. The van der Waals surface area contributed by atoms with Gasteiger partial charge in [-0.25, -0.2) is 4.79 Å². The van der Waals surface area contributed by atoms with Crippen LogP contribution < -0.4 is 0 Å². The van der Waals surface area contributed by atoms with Gasteiger partial charge >= 0.3 is 16.5 Å². The summed E-state index contributed by atoms with van der Waals surface area (Å²) in [5.41, 5.74) is 0.496. The lowest BCUT2D eigenvalue weighted by Gasteiger charge is -2.02. The molecule has 0 unspecified atom stereocenters. The lowest BCUT2D eigenvalue weighted by atomic mass is 10.2. The zero-order valence-electron chi connectivity index (χ0n) is 7.90. The number of fused-ring (bicyclic) bond motifs is 1. The monoisotopic (exact) mass is 241 g/mol. The van der Waals surface area contributed by atoms with Crippen molar-refractivity contribution < 1.29 is 21.9 Å². The van der Waals surface area contributed by atoms with Crippen molar-refractivity contribution >= 4 is 27.4 Å². The van der Waals surface area contributed by atoms with E-state index in [1.54, 1.807) is 30.3 Å². The van der Waals surface area contributed by atoms with Gasteiger partial charge in [0, 0.05) is 11.6 Å². The summed E-state index contributed by atoms with van der Waals surface area (Å²) in [5, 5.41) is 0.759. The zero-order chi connectivity index (χ0) is 11.8. The quantitative estimate of drug-likeness (QED) is 0.763. The van der Waals surface area contributed by atoms with Gasteiger partial charge in [0.05, 0.1) is 5.52 Å². The molecule has 1 aromatic heterocycles. The third-order valence-electron chi connectivity index (χ3n) is 1.97. The van der Waals surface area contributed by atoms with Crippen molar-refractivity contribution in [2.75, 3.05) is 0 Å². The first-order valence-corrected chi connectivity index (χ1v) is 5.61. The number of hydrogen-bond acceptors (Lipinski definition) is 4. The number of aromatic nitrogens is 1. The molecule has 2 rings (SSSR count). The van der Waals surface area contributed by atoms with E-state index in [1.807, 2.05) is 0 Å². The molecule has 1 N–H and O–H groups in total. The predicted octanol–water partition coefficient (Wildman–Crippen LogP) is 1.43. The van der Waals surface area contributed by atoms with Gasteiger partial charge in [-0.2, -0.15) is 8.42 Å². The highest BCUT2D eigenvalue weighted by molar-refractivity contribution is 7.81. The Kier molecular flexibility index (Phi) is 2.41. The van der Waals surface area contributed by atoms with E-state index in [1.165, 1.54) is 6.20 Å². The lowest BCUT2D eigenvalue weighted by Crippen LogP contribution is -2.17. The number of para-hydroxylation sites is 1. The fourth-order valence-electron chi connectivity index (χ4n) is 1.37. The zero-order valence-corrected chi connectivity index (χ0v) is 8.72. The molecule has 0 amide bonds. The number of hydrogen-bond donors (Lipinski definition) is 1. The standard InChI is InChI=1S/C9H7NO5S/c11-9(15-16(12,13)14)10-6-5-7-3-1-2-4-8(7)10/h1-6H,(H,12,13,14). The predicted molar refractivity (Wildman–Crippen MR) is 55.4 cm³/mol. The highest BCUT2D eigenvalue weighted by atomic mass is 32.3. The van der Waals surface area contributed by atoms with E-state index >= 15 is 0 Å². The van der Waals surface area contributed by atoms with Gasteiger partial charge in [-0.05, 0) is 12.1 Å². The summed E-state index contributed by atoms with van der Waals surface area (Å²) >= 11 is 0. The molecule has 1 aromatic carbocycles. The number of carbonyl (C=O) groups excluding carboxylic acids is 1. The normalized spacial score (nSPS) is 11.6. The Balaban J connectivity index is 2.45. The fraction of sp³-hybridized carbons (Fsp3) is 0. The number of benzene rings is 1. The van der Waals surface area contributed by atoms with Crippen molar-refractivity contribution in [3.8, 4) is 0 Å². The highest BCUT2D eigenvalue weighted by Gasteiger charge is 2.16. The topological polar surface area (TPSA) is 85.6 Å². The van der Waals surface area contributed by atoms with Crippen LogP contribution in [0.5, 0.6) is 0 Å². The van der Waals surface area contributed by atoms with Crippen molar-refractivity contribution in [3.63, 3.8) is 0 Å². The van der Waals surface area contributed by atoms with Crippen molar-refractivity contribution in [2.24, 2.45) is 0 Å². The molecule has 2 aromatic rings. The minimum atomic E-state index is -4.79. The molecular weight excluding hydrogens is 234 g/mol. The van der Waals surface area contributed by atoms with Gasteiger partial charge in [0.1, 0.15) is 0 Å². The minimum absolute atomic E-state index is 0.496. The third-order valence-corrected chi connectivity index (χ3v) is 2.33. The van der Waals surface area contributed by atoms with Crippen LogP contribution in [0.4, 0.5) is 4.79 Å². The van der Waals surface area contributed by atoms with E-state index in [9.17, 15) is 13.2 Å². The summed E-state index contributed by atoms with van der Waals surface area (Å²) in [6.45, 7) is 0. The van der Waals surface area contributed by atoms with Gasteiger partial charge in [-0.3, -0.25) is 9.12 Å². The van der Waals surface area contributed by atoms with Crippen LogP contribution in [0, 0.1) is 0 Å². The molecule has 0 bridgehead atoms. The molecule has 0 radical (unpaired) electrons. The van der Waals surface area contributed by atoms with E-state index in [4.69, 9.17) is 4.55 Å². The Morgan fingerprint density at radius 3 is 2.62 bits per heavy atom. The Hall–Kier alpha value is -1.86. The van der Waals surface area contributed by atoms with Crippen LogP contribution in [-0.2, 0) is 14.6 Å². The highest BCUT2D eigenvalue weighted by Crippen LogP contribution is 2.15. The molecule has 6 nitrogen and oxygen atoms in total. The molecule has 0 saturated heterocycles. The second kappa shape index (κ2) is 3.62. The molecule has 7 heteroatoms. The van der Waals surface area contributed by atoms with E-state index < -0.39 is 16.5 Å². The molecule has 0 fully saturated rings. The van der Waals surface area contributed by atoms with Crippen molar-refractivity contribution in [1.82, 2.24) is 4.57 Å². The van der Waals surface area contributed by atoms with Gasteiger partial charge in [0.25, 0.3) is 0 Å². The fourth-order valence-corrected chi connectivity index (χ4v) is 1.63. The Morgan fingerprint density at radius 1 is 1.25 bits per heavy atom. The lowest BCUT2D eigenvalue weighted by molar-refractivity contribution is 0.198. The Labute approximate surface area is 91.0 Å². The summed E-state index contributed by atoms with van der Waals surface area (Å²) in [7, 11) is -4.79. The molecule has 0 atom stereocenters. The van der Waals surface area contributed by atoms with Crippen LogP contribution in [0.3, 0.4) is 0 Å². The van der Waals surface area contributed by atoms with E-state index in [0.29, 0.717) is 5.52 Å². The smallest absolute Gasteiger partial charge is 0.306 e. The second-order valence-electron chi connectivity index (χ2n) is 3.02. The van der Waals surface area contributed by atoms with Gasteiger partial charge in [0.2, 0.25) is 0 Å². The minimum Gasteiger partial charge on any atom is -0.306 e. The van der Waals surface area contributed by atoms with Gasteiger partial charge in [0.15, 0.2) is 0 Å². The molecule has 1 heterocycles. The molecule has 0 aliphatic rings. The first-order valence-electron chi connectivity index (χ1n) is 4.25. The van der Waals surface area contributed by atoms with Crippen molar-refractivity contribution in [1.29, 1.82) is 0 Å². The van der Waals surface area contributed by atoms with E-state index in [0.717, 1.165) is 9.95 Å². The maximum Gasteiger partial charge on any atom is 0.450 e. The van der Waals surface area contributed by atoms with Crippen LogP contribution in [0.15, 0.2) is 36.5 Å². The molecule has 0 aliphatic carbocycles. The summed E-state index contributed by atoms with van der Waals surface area (Å²) in [6, 6.07) is 8.48. The summed E-state index contributed by atoms with van der Waals surface area (Å²) < 4.78 is 34.0. The Morgan fingerprint density at radius 2 is 1.94 bits per heavy atom. The number of nitrogens with zero attached hydrogens (tertiary/aromatic N) is 1. The number of rotatable bonds is 1. The molecule has 0 spiro atoms. The van der Waals surface area contributed by atoms with Crippen LogP contribution in [0.25, 0.3) is 10.9 Å². The van der Waals surface area contributed by atoms with Gasteiger partial charge < -0.3 is 4.18 Å². The van der Waals surface area contributed by atoms with E-state index in [-0.39, 0.29) is 0 Å². The van der Waals surface area contributed by atoms with Crippen molar-refractivity contribution in [2.45, 2.75) is 0 Å². The maximum atomic E-state index is 11.3. The molecule has 0 aliphatic heterocycles. The van der Waals surface area contributed by atoms with Gasteiger partial charge in [-0.1, -0.05) is 18.2 Å². The SMILES string of the molecule is O=C(OS(=O)(=O)O)n1ccc2ccccc21. The largest absolute Gasteiger partial charge is 0.450 e. The molecule has 16 heavy (non-hydrogen) atoms. The molecular formula is C9H7NO5S. The van der Waals surface area contributed by atoms with Crippen LogP contribution in [0.2, 0.25) is 0 Å². The summed E-state index contributed by atoms with van der Waals surface area (Å²) in [4.78, 5) is 11.3. The van der Waals surface area contributed by atoms with Crippen LogP contribution in [-0.4, -0.2) is 23.6 Å². The van der Waals surface area contributed by atoms with Gasteiger partial charge in [-0.15, -0.1) is 0 Å². The third kappa shape index (κ3) is 2.05. The first-order chi connectivity index (χ1) is 7.47. The van der Waals surface area contributed by atoms with Crippen LogP contribution >= 0.6 is 0 Å². The number of carbonyl (C=O) groups is 1. The van der Waals surface area contributed by atoms with Crippen molar-refractivity contribution in [3.05, 3.63) is 36.5 Å². The summed E-state index contributed by atoms with van der Waals surface area (Å²) in [5.74, 6) is 0. The average Bonchev–Trinajstić information content (AvgIpc) is 2.58.